The van der Waals surface area contributed by atoms with E-state index in [9.17, 15) is 4.39 Å². The Balaban J connectivity index is 2.68. The smallest absolute Gasteiger partial charge is 0.160 e. The van der Waals surface area contributed by atoms with E-state index in [1.807, 2.05) is 0 Å². The third kappa shape index (κ3) is 1.91. The molecule has 3 heteroatoms. The normalized spacial score (nSPS) is 31.7. The molecule has 1 aliphatic heterocycles. The Morgan fingerprint density at radius 2 is 2.50 bits per heavy atom. The van der Waals surface area contributed by atoms with Crippen LogP contribution in [0, 0.1) is 0 Å². The van der Waals surface area contributed by atoms with E-state index in [-0.39, 0.29) is 0 Å². The van der Waals surface area contributed by atoms with E-state index >= 15 is 0 Å². The molecule has 0 radical (unpaired) electrons. The van der Waals surface area contributed by atoms with Crippen LogP contribution in [0.4, 0.5) is 4.39 Å². The standard InChI is InChI=1S/C9H15FN2/c1-3-12-8(2)9(10)5-4-6-11-7-9/h3,11H,1,4-7H2,2H3. The lowest BCUT2D eigenvalue weighted by Crippen LogP contribution is -2.47. The number of alkyl halides is 1. The van der Waals surface area contributed by atoms with Crippen molar-refractivity contribution in [1.29, 1.82) is 0 Å². The number of halogens is 1. The van der Waals surface area contributed by atoms with Gasteiger partial charge >= 0.3 is 0 Å². The van der Waals surface area contributed by atoms with E-state index in [1.54, 1.807) is 6.92 Å². The van der Waals surface area contributed by atoms with Crippen LogP contribution in [0.3, 0.4) is 0 Å². The Kier molecular flexibility index (Phi) is 2.98. The number of aliphatic imine (C=N–C) groups is 1. The van der Waals surface area contributed by atoms with Crippen LogP contribution in [0.1, 0.15) is 19.8 Å². The predicted octanol–water partition coefficient (Wildman–Crippen LogP) is 1.68. The monoisotopic (exact) mass is 170 g/mol. The van der Waals surface area contributed by atoms with Crippen LogP contribution in [0.2, 0.25) is 0 Å². The summed E-state index contributed by atoms with van der Waals surface area (Å²) in [6.45, 7) is 6.46. The Hall–Kier alpha value is -0.700. The molecular weight excluding hydrogens is 155 g/mol. The lowest BCUT2D eigenvalue weighted by molar-refractivity contribution is 0.200. The Bertz CT molecular complexity index is 193. The van der Waals surface area contributed by atoms with E-state index in [4.69, 9.17) is 0 Å². The van der Waals surface area contributed by atoms with Gasteiger partial charge in [-0.05, 0) is 26.3 Å². The van der Waals surface area contributed by atoms with Gasteiger partial charge in [0.2, 0.25) is 0 Å². The van der Waals surface area contributed by atoms with Crippen LogP contribution >= 0.6 is 0 Å². The molecule has 1 fully saturated rings. The minimum absolute atomic E-state index is 0.385. The van der Waals surface area contributed by atoms with Gasteiger partial charge in [0.05, 0.1) is 5.71 Å². The molecule has 0 bridgehead atoms. The van der Waals surface area contributed by atoms with E-state index in [1.165, 1.54) is 6.20 Å². The SMILES string of the molecule is C=CN=C(C)C1(F)CCCNC1. The van der Waals surface area contributed by atoms with Crippen molar-refractivity contribution < 1.29 is 4.39 Å². The van der Waals surface area contributed by atoms with Crippen molar-refractivity contribution in [3.63, 3.8) is 0 Å². The van der Waals surface area contributed by atoms with E-state index in [0.717, 1.165) is 13.0 Å². The summed E-state index contributed by atoms with van der Waals surface area (Å²) in [6, 6.07) is 0. The molecule has 1 saturated heterocycles. The molecule has 0 aromatic carbocycles. The first kappa shape index (κ1) is 9.39. The molecule has 1 unspecified atom stereocenters. The molecule has 2 nitrogen and oxygen atoms in total. The fourth-order valence-corrected chi connectivity index (χ4v) is 1.43. The number of rotatable bonds is 2. The van der Waals surface area contributed by atoms with Gasteiger partial charge in [-0.3, -0.25) is 4.99 Å². The molecule has 1 atom stereocenters. The first-order chi connectivity index (χ1) is 5.69. The molecule has 68 valence electrons. The third-order valence-corrected chi connectivity index (χ3v) is 2.27. The van der Waals surface area contributed by atoms with Crippen LogP contribution in [-0.2, 0) is 0 Å². The van der Waals surface area contributed by atoms with Crippen molar-refractivity contribution >= 4 is 5.71 Å². The zero-order valence-electron chi connectivity index (χ0n) is 7.44. The summed E-state index contributed by atoms with van der Waals surface area (Å²) >= 11 is 0. The first-order valence-electron chi connectivity index (χ1n) is 4.24. The van der Waals surface area contributed by atoms with Crippen molar-refractivity contribution in [3.8, 4) is 0 Å². The van der Waals surface area contributed by atoms with Gasteiger partial charge in [-0.1, -0.05) is 6.58 Å². The number of hydrogen-bond acceptors (Lipinski definition) is 2. The maximum Gasteiger partial charge on any atom is 0.160 e. The molecule has 0 aromatic rings. The first-order valence-corrected chi connectivity index (χ1v) is 4.24. The summed E-state index contributed by atoms with van der Waals surface area (Å²) in [5.41, 5.74) is -0.711. The van der Waals surface area contributed by atoms with Gasteiger partial charge in [-0.25, -0.2) is 4.39 Å². The summed E-state index contributed by atoms with van der Waals surface area (Å²) in [5.74, 6) is 0. The molecule has 0 amide bonds. The Morgan fingerprint density at radius 3 is 3.00 bits per heavy atom. The number of nitrogens with zero attached hydrogens (tertiary/aromatic N) is 1. The largest absolute Gasteiger partial charge is 0.313 e. The summed E-state index contributed by atoms with van der Waals surface area (Å²) in [4.78, 5) is 3.89. The third-order valence-electron chi connectivity index (χ3n) is 2.27. The van der Waals surface area contributed by atoms with Crippen molar-refractivity contribution in [3.05, 3.63) is 12.8 Å². The second-order valence-electron chi connectivity index (χ2n) is 3.14. The van der Waals surface area contributed by atoms with Crippen molar-refractivity contribution in [1.82, 2.24) is 5.32 Å². The van der Waals surface area contributed by atoms with E-state index in [0.29, 0.717) is 18.7 Å². The second kappa shape index (κ2) is 3.81. The topological polar surface area (TPSA) is 24.4 Å². The van der Waals surface area contributed by atoms with Crippen LogP contribution in [0.5, 0.6) is 0 Å². The second-order valence-corrected chi connectivity index (χ2v) is 3.14. The van der Waals surface area contributed by atoms with Crippen LogP contribution < -0.4 is 5.32 Å². The molecule has 1 aliphatic rings. The van der Waals surface area contributed by atoms with E-state index < -0.39 is 5.67 Å². The highest BCUT2D eigenvalue weighted by molar-refractivity contribution is 5.91. The van der Waals surface area contributed by atoms with Crippen LogP contribution in [-0.4, -0.2) is 24.5 Å². The molecule has 12 heavy (non-hydrogen) atoms. The quantitative estimate of drug-likeness (QED) is 0.626. The van der Waals surface area contributed by atoms with Gasteiger partial charge in [-0.15, -0.1) is 0 Å². The van der Waals surface area contributed by atoms with Gasteiger partial charge in [0, 0.05) is 12.7 Å². The number of nitrogens with one attached hydrogen (secondary N) is 1. The molecule has 0 aromatic heterocycles. The van der Waals surface area contributed by atoms with Gasteiger partial charge in [0.1, 0.15) is 0 Å². The summed E-state index contributed by atoms with van der Waals surface area (Å²) in [7, 11) is 0. The van der Waals surface area contributed by atoms with Crippen molar-refractivity contribution in [2.24, 2.45) is 4.99 Å². The Labute approximate surface area is 72.6 Å². The molecule has 1 N–H and O–H groups in total. The fourth-order valence-electron chi connectivity index (χ4n) is 1.43. The van der Waals surface area contributed by atoms with Gasteiger partial charge in [0.15, 0.2) is 5.67 Å². The van der Waals surface area contributed by atoms with Crippen LogP contribution in [0.25, 0.3) is 0 Å². The maximum absolute atomic E-state index is 13.9. The maximum atomic E-state index is 13.9. The molecule has 0 aliphatic carbocycles. The highest BCUT2D eigenvalue weighted by Crippen LogP contribution is 2.22. The lowest BCUT2D eigenvalue weighted by Gasteiger charge is -2.29. The van der Waals surface area contributed by atoms with Crippen molar-refractivity contribution in [2.75, 3.05) is 13.1 Å². The molecule has 0 spiro atoms. The van der Waals surface area contributed by atoms with Crippen molar-refractivity contribution in [2.45, 2.75) is 25.4 Å². The Morgan fingerprint density at radius 1 is 1.75 bits per heavy atom. The molecule has 1 rings (SSSR count). The summed E-state index contributed by atoms with van der Waals surface area (Å²) in [5, 5.41) is 3.02. The summed E-state index contributed by atoms with van der Waals surface area (Å²) < 4.78 is 13.9. The van der Waals surface area contributed by atoms with Gasteiger partial charge in [-0.2, -0.15) is 0 Å². The van der Waals surface area contributed by atoms with E-state index in [2.05, 4.69) is 16.9 Å². The highest BCUT2D eigenvalue weighted by Gasteiger charge is 2.34. The van der Waals surface area contributed by atoms with Gasteiger partial charge in [0.25, 0.3) is 0 Å². The molecule has 0 saturated carbocycles. The minimum Gasteiger partial charge on any atom is -0.313 e. The van der Waals surface area contributed by atoms with Gasteiger partial charge < -0.3 is 5.32 Å². The summed E-state index contributed by atoms with van der Waals surface area (Å²) in [6.07, 6.45) is 2.84. The zero-order chi connectivity index (χ0) is 9.03. The average Bonchev–Trinajstić information content (AvgIpc) is 2.06. The molecular formula is C9H15FN2. The minimum atomic E-state index is -1.24. The predicted molar refractivity (Wildman–Crippen MR) is 49.2 cm³/mol. The average molecular weight is 170 g/mol. The zero-order valence-corrected chi connectivity index (χ0v) is 7.44. The number of piperidine rings is 1. The number of hydrogen-bond donors (Lipinski definition) is 1. The lowest BCUT2D eigenvalue weighted by atomic mass is 9.92. The highest BCUT2D eigenvalue weighted by atomic mass is 19.1. The molecule has 1 heterocycles. The van der Waals surface area contributed by atoms with Crippen LogP contribution in [0.15, 0.2) is 17.8 Å². The fraction of sp³-hybridized carbons (Fsp3) is 0.667.